The van der Waals surface area contributed by atoms with E-state index in [0.29, 0.717) is 12.2 Å². The number of hydrogen-bond acceptors (Lipinski definition) is 2. The molecule has 1 aromatic rings. The average molecular weight is 275 g/mol. The predicted octanol–water partition coefficient (Wildman–Crippen LogP) is 3.40. The first-order valence-corrected chi connectivity index (χ1v) is 6.93. The largest absolute Gasteiger partial charge is 0.338 e. The van der Waals surface area contributed by atoms with Gasteiger partial charge in [-0.25, -0.2) is 9.18 Å². The number of benzene rings is 1. The minimum absolute atomic E-state index is 0.121. The zero-order valence-corrected chi connectivity index (χ0v) is 11.3. The Balaban J connectivity index is 1.80. The van der Waals surface area contributed by atoms with Crippen LogP contribution in [0.3, 0.4) is 0 Å². The summed E-state index contributed by atoms with van der Waals surface area (Å²) in [5.74, 6) is 0.226. The summed E-state index contributed by atoms with van der Waals surface area (Å²) in [4.78, 5) is 11.7. The molecule has 1 aliphatic rings. The standard InChI is InChI=1S/C15H18FN3O/c16-13-5-6-14(12(9-13)10-17)19-15(20)18-8-7-11-3-1-2-4-11/h5-6,9,11H,1-4,7-8H2,(H2,18,19,20). The van der Waals surface area contributed by atoms with Crippen molar-refractivity contribution in [2.75, 3.05) is 11.9 Å². The van der Waals surface area contributed by atoms with Gasteiger partial charge in [-0.3, -0.25) is 0 Å². The molecule has 1 aliphatic carbocycles. The molecule has 0 atom stereocenters. The fraction of sp³-hybridized carbons (Fsp3) is 0.467. The lowest BCUT2D eigenvalue weighted by molar-refractivity contribution is 0.251. The van der Waals surface area contributed by atoms with Crippen LogP contribution in [-0.4, -0.2) is 12.6 Å². The van der Waals surface area contributed by atoms with E-state index in [1.165, 1.54) is 37.8 Å². The van der Waals surface area contributed by atoms with Crippen molar-refractivity contribution in [3.63, 3.8) is 0 Å². The van der Waals surface area contributed by atoms with Gasteiger partial charge in [0.15, 0.2) is 0 Å². The molecule has 0 aliphatic heterocycles. The monoisotopic (exact) mass is 275 g/mol. The Labute approximate surface area is 118 Å². The van der Waals surface area contributed by atoms with Crippen molar-refractivity contribution in [2.45, 2.75) is 32.1 Å². The molecule has 1 saturated carbocycles. The first kappa shape index (κ1) is 14.3. The molecule has 4 nitrogen and oxygen atoms in total. The van der Waals surface area contributed by atoms with E-state index >= 15 is 0 Å². The predicted molar refractivity (Wildman–Crippen MR) is 74.7 cm³/mol. The molecule has 0 saturated heterocycles. The van der Waals surface area contributed by atoms with Crippen LogP contribution in [0.1, 0.15) is 37.7 Å². The van der Waals surface area contributed by atoms with Gasteiger partial charge >= 0.3 is 6.03 Å². The summed E-state index contributed by atoms with van der Waals surface area (Å²) < 4.78 is 13.0. The lowest BCUT2D eigenvalue weighted by Crippen LogP contribution is -2.30. The zero-order valence-electron chi connectivity index (χ0n) is 11.3. The molecule has 20 heavy (non-hydrogen) atoms. The van der Waals surface area contributed by atoms with Gasteiger partial charge in [0, 0.05) is 6.54 Å². The maximum absolute atomic E-state index is 13.0. The van der Waals surface area contributed by atoms with E-state index in [9.17, 15) is 9.18 Å². The van der Waals surface area contributed by atoms with Crippen LogP contribution in [0.2, 0.25) is 0 Å². The van der Waals surface area contributed by atoms with Gasteiger partial charge in [0.25, 0.3) is 0 Å². The normalized spacial score (nSPS) is 14.8. The molecule has 0 unspecified atom stereocenters. The fourth-order valence-corrected chi connectivity index (χ4v) is 2.57. The number of halogens is 1. The number of carbonyl (C=O) groups excluding carboxylic acids is 1. The Morgan fingerprint density at radius 2 is 2.15 bits per heavy atom. The Morgan fingerprint density at radius 3 is 2.85 bits per heavy atom. The van der Waals surface area contributed by atoms with Gasteiger partial charge in [0.2, 0.25) is 0 Å². The molecule has 5 heteroatoms. The summed E-state index contributed by atoms with van der Waals surface area (Å²) in [5.41, 5.74) is 0.447. The van der Waals surface area contributed by atoms with Crippen LogP contribution in [0, 0.1) is 23.1 Å². The molecule has 2 N–H and O–H groups in total. The molecule has 0 bridgehead atoms. The molecule has 0 radical (unpaired) electrons. The highest BCUT2D eigenvalue weighted by Gasteiger charge is 2.15. The minimum Gasteiger partial charge on any atom is -0.338 e. The second-order valence-electron chi connectivity index (χ2n) is 5.12. The Kier molecular flexibility index (Phi) is 4.94. The van der Waals surface area contributed by atoms with E-state index in [4.69, 9.17) is 5.26 Å². The van der Waals surface area contributed by atoms with E-state index in [1.807, 2.05) is 6.07 Å². The van der Waals surface area contributed by atoms with Crippen molar-refractivity contribution in [1.82, 2.24) is 5.32 Å². The summed E-state index contributed by atoms with van der Waals surface area (Å²) in [6, 6.07) is 5.22. The van der Waals surface area contributed by atoms with Gasteiger partial charge < -0.3 is 10.6 Å². The van der Waals surface area contributed by atoms with Crippen molar-refractivity contribution < 1.29 is 9.18 Å². The molecular formula is C15H18FN3O. The second-order valence-corrected chi connectivity index (χ2v) is 5.12. The summed E-state index contributed by atoms with van der Waals surface area (Å²) in [6.07, 6.45) is 6.07. The number of urea groups is 1. The maximum atomic E-state index is 13.0. The van der Waals surface area contributed by atoms with Gasteiger partial charge in [0.1, 0.15) is 11.9 Å². The number of rotatable bonds is 4. The number of hydrogen-bond donors (Lipinski definition) is 2. The summed E-state index contributed by atoms with van der Waals surface area (Å²) >= 11 is 0. The average Bonchev–Trinajstić information content (AvgIpc) is 2.94. The molecule has 0 aromatic heterocycles. The van der Waals surface area contributed by atoms with E-state index < -0.39 is 5.82 Å². The van der Waals surface area contributed by atoms with E-state index in [0.717, 1.165) is 18.4 Å². The van der Waals surface area contributed by atoms with Gasteiger partial charge in [0.05, 0.1) is 11.3 Å². The Hall–Kier alpha value is -2.09. The molecule has 106 valence electrons. The second kappa shape index (κ2) is 6.90. The van der Waals surface area contributed by atoms with E-state index in [-0.39, 0.29) is 11.6 Å². The fourth-order valence-electron chi connectivity index (χ4n) is 2.57. The quantitative estimate of drug-likeness (QED) is 0.884. The van der Waals surface area contributed by atoms with Gasteiger partial charge in [-0.15, -0.1) is 0 Å². The third kappa shape index (κ3) is 3.95. The molecule has 2 rings (SSSR count). The smallest absolute Gasteiger partial charge is 0.319 e. The third-order valence-corrected chi connectivity index (χ3v) is 3.66. The van der Waals surface area contributed by atoms with Crippen LogP contribution in [0.5, 0.6) is 0 Å². The third-order valence-electron chi connectivity index (χ3n) is 3.66. The number of amides is 2. The Bertz CT molecular complexity index is 518. The maximum Gasteiger partial charge on any atom is 0.319 e. The lowest BCUT2D eigenvalue weighted by Gasteiger charge is -2.11. The summed E-state index contributed by atoms with van der Waals surface area (Å²) in [5, 5.41) is 14.2. The first-order valence-electron chi connectivity index (χ1n) is 6.93. The highest BCUT2D eigenvalue weighted by atomic mass is 19.1. The number of anilines is 1. The summed E-state index contributed by atoms with van der Waals surface area (Å²) in [6.45, 7) is 0.625. The molecule has 1 fully saturated rings. The van der Waals surface area contributed by atoms with Gasteiger partial charge in [-0.1, -0.05) is 25.7 Å². The highest BCUT2D eigenvalue weighted by Crippen LogP contribution is 2.26. The van der Waals surface area contributed by atoms with Gasteiger partial charge in [-0.05, 0) is 30.5 Å². The van der Waals surface area contributed by atoms with Crippen LogP contribution >= 0.6 is 0 Å². The van der Waals surface area contributed by atoms with Crippen molar-refractivity contribution >= 4 is 11.7 Å². The molecular weight excluding hydrogens is 257 g/mol. The topological polar surface area (TPSA) is 64.9 Å². The minimum atomic E-state index is -0.492. The van der Waals surface area contributed by atoms with Gasteiger partial charge in [-0.2, -0.15) is 5.26 Å². The van der Waals surface area contributed by atoms with Crippen molar-refractivity contribution in [1.29, 1.82) is 5.26 Å². The molecule has 0 heterocycles. The SMILES string of the molecule is N#Cc1cc(F)ccc1NC(=O)NCCC1CCCC1. The van der Waals surface area contributed by atoms with Crippen LogP contribution in [0.4, 0.5) is 14.9 Å². The number of carbonyl (C=O) groups is 1. The van der Waals surface area contributed by atoms with Crippen molar-refractivity contribution in [3.8, 4) is 6.07 Å². The van der Waals surface area contributed by atoms with Crippen LogP contribution in [0.15, 0.2) is 18.2 Å². The molecule has 1 aromatic carbocycles. The Morgan fingerprint density at radius 1 is 1.40 bits per heavy atom. The van der Waals surface area contributed by atoms with E-state index in [1.54, 1.807) is 0 Å². The van der Waals surface area contributed by atoms with Crippen LogP contribution in [0.25, 0.3) is 0 Å². The highest BCUT2D eigenvalue weighted by molar-refractivity contribution is 5.90. The van der Waals surface area contributed by atoms with Crippen LogP contribution < -0.4 is 10.6 Å². The number of nitrogens with one attached hydrogen (secondary N) is 2. The summed E-state index contributed by atoms with van der Waals surface area (Å²) in [7, 11) is 0. The number of nitriles is 1. The lowest BCUT2D eigenvalue weighted by atomic mass is 10.0. The zero-order chi connectivity index (χ0) is 14.4. The van der Waals surface area contributed by atoms with Crippen molar-refractivity contribution in [3.05, 3.63) is 29.6 Å². The molecule has 2 amide bonds. The number of nitrogens with zero attached hydrogens (tertiary/aromatic N) is 1. The van der Waals surface area contributed by atoms with Crippen molar-refractivity contribution in [2.24, 2.45) is 5.92 Å². The van der Waals surface area contributed by atoms with Crippen LogP contribution in [-0.2, 0) is 0 Å². The first-order chi connectivity index (χ1) is 9.69. The molecule has 0 spiro atoms. The van der Waals surface area contributed by atoms with E-state index in [2.05, 4.69) is 10.6 Å².